The molecule has 0 bridgehead atoms. The highest BCUT2D eigenvalue weighted by Gasteiger charge is 2.00. The summed E-state index contributed by atoms with van der Waals surface area (Å²) in [4.78, 5) is 0. The lowest BCUT2D eigenvalue weighted by atomic mass is 10.3. The highest BCUT2D eigenvalue weighted by atomic mass is 32.1. The van der Waals surface area contributed by atoms with E-state index < -0.39 is 0 Å². The Kier molecular flexibility index (Phi) is 2.96. The van der Waals surface area contributed by atoms with Crippen LogP contribution < -0.4 is 5.19 Å². The molecule has 1 heterocycles. The van der Waals surface area contributed by atoms with E-state index in [1.807, 2.05) is 0 Å². The summed E-state index contributed by atoms with van der Waals surface area (Å²) in [6.45, 7) is 4.16. The first-order valence-electron chi connectivity index (χ1n) is 4.60. The highest BCUT2D eigenvalue weighted by molar-refractivity contribution is 7.08. The fourth-order valence-corrected chi connectivity index (χ4v) is 3.68. The smallest absolute Gasteiger partial charge is 0.0875 e. The zero-order chi connectivity index (χ0) is 9.80. The third-order valence-electron chi connectivity index (χ3n) is 2.19. The van der Waals surface area contributed by atoms with Gasteiger partial charge in [0, 0.05) is 0 Å². The van der Waals surface area contributed by atoms with Gasteiger partial charge in [-0.2, -0.15) is 11.3 Å². The Morgan fingerprint density at radius 3 is 2.57 bits per heavy atom. The van der Waals surface area contributed by atoms with E-state index in [1.165, 1.54) is 15.9 Å². The molecule has 2 rings (SSSR count). The van der Waals surface area contributed by atoms with E-state index in [0.29, 0.717) is 0 Å². The maximum Gasteiger partial charge on any atom is 0.0875 e. The van der Waals surface area contributed by atoms with Crippen molar-refractivity contribution in [2.45, 2.75) is 0 Å². The van der Waals surface area contributed by atoms with Crippen molar-refractivity contribution in [3.63, 3.8) is 0 Å². The lowest BCUT2D eigenvalue weighted by Gasteiger charge is -2.02. The molecule has 0 saturated carbocycles. The van der Waals surface area contributed by atoms with Gasteiger partial charge in [-0.3, -0.25) is 0 Å². The van der Waals surface area contributed by atoms with Crippen LogP contribution in [-0.2, 0) is 0 Å². The molecule has 1 aromatic carbocycles. The third-order valence-corrected chi connectivity index (χ3v) is 4.59. The molecule has 2 heteroatoms. The van der Waals surface area contributed by atoms with Crippen LogP contribution in [0.4, 0.5) is 0 Å². The predicted molar refractivity (Wildman–Crippen MR) is 68.0 cm³/mol. The topological polar surface area (TPSA) is 0 Å². The van der Waals surface area contributed by atoms with Crippen LogP contribution in [-0.4, -0.2) is 9.52 Å². The molecular formula is C12H12SSi. The second kappa shape index (κ2) is 4.40. The van der Waals surface area contributed by atoms with Crippen LogP contribution >= 0.6 is 11.3 Å². The number of rotatable bonds is 3. The lowest BCUT2D eigenvalue weighted by molar-refractivity contribution is 1.77. The van der Waals surface area contributed by atoms with Crippen molar-refractivity contribution in [2.75, 3.05) is 0 Å². The number of benzene rings is 1. The molecule has 0 fully saturated rings. The van der Waals surface area contributed by atoms with Crippen LogP contribution in [0.15, 0.2) is 53.7 Å². The Morgan fingerprint density at radius 1 is 1.14 bits per heavy atom. The molecule has 1 aromatic heterocycles. The summed E-state index contributed by atoms with van der Waals surface area (Å²) >= 11 is 1.74. The summed E-state index contributed by atoms with van der Waals surface area (Å²) in [5, 5.41) is 7.08. The molecule has 0 aliphatic heterocycles. The normalized spacial score (nSPS) is 10.9. The third kappa shape index (κ3) is 2.22. The van der Waals surface area contributed by atoms with Crippen LogP contribution in [0, 0.1) is 0 Å². The van der Waals surface area contributed by atoms with E-state index in [9.17, 15) is 0 Å². The van der Waals surface area contributed by atoms with Crippen LogP contribution in [0.2, 0.25) is 0 Å². The number of hydrogen-bond acceptors (Lipinski definition) is 1. The standard InChI is InChI=1S/C12H12SSi/c1-10(11-7-8-13-9-11)14-12-5-3-2-4-6-12/h2-9H,1,14H2. The van der Waals surface area contributed by atoms with Crippen LogP contribution in [0.5, 0.6) is 0 Å². The first kappa shape index (κ1) is 9.43. The molecule has 0 unspecified atom stereocenters. The monoisotopic (exact) mass is 216 g/mol. The first-order valence-corrected chi connectivity index (χ1v) is 6.96. The van der Waals surface area contributed by atoms with Gasteiger partial charge in [0.2, 0.25) is 0 Å². The molecule has 0 nitrogen and oxygen atoms in total. The molecule has 0 N–H and O–H groups in total. The number of hydrogen-bond donors (Lipinski definition) is 0. The Labute approximate surface area is 90.7 Å². The Balaban J connectivity index is 2.10. The molecule has 70 valence electrons. The maximum atomic E-state index is 4.16. The maximum absolute atomic E-state index is 4.16. The van der Waals surface area contributed by atoms with Gasteiger partial charge in [-0.1, -0.05) is 47.3 Å². The van der Waals surface area contributed by atoms with Crippen molar-refractivity contribution >= 4 is 31.2 Å². The molecule has 0 atom stereocenters. The van der Waals surface area contributed by atoms with Gasteiger partial charge >= 0.3 is 0 Å². The van der Waals surface area contributed by atoms with Gasteiger partial charge in [-0.25, -0.2) is 0 Å². The van der Waals surface area contributed by atoms with Gasteiger partial charge in [0.15, 0.2) is 0 Å². The summed E-state index contributed by atoms with van der Waals surface area (Å²) < 4.78 is 0. The van der Waals surface area contributed by atoms with Gasteiger partial charge in [0.05, 0.1) is 9.52 Å². The van der Waals surface area contributed by atoms with Crippen molar-refractivity contribution in [3.8, 4) is 0 Å². The molecular weight excluding hydrogens is 204 g/mol. The van der Waals surface area contributed by atoms with Gasteiger partial charge < -0.3 is 0 Å². The molecule has 0 spiro atoms. The summed E-state index contributed by atoms with van der Waals surface area (Å²) in [5.41, 5.74) is 1.32. The molecule has 2 aromatic rings. The Bertz CT molecular complexity index is 403. The number of thiophene rings is 1. The van der Waals surface area contributed by atoms with Gasteiger partial charge in [-0.15, -0.1) is 0 Å². The average molecular weight is 216 g/mol. The zero-order valence-electron chi connectivity index (χ0n) is 7.94. The van der Waals surface area contributed by atoms with Crippen molar-refractivity contribution in [1.29, 1.82) is 0 Å². The summed E-state index contributed by atoms with van der Waals surface area (Å²) in [5.74, 6) is 0. The highest BCUT2D eigenvalue weighted by Crippen LogP contribution is 2.14. The van der Waals surface area contributed by atoms with Gasteiger partial charge in [0.25, 0.3) is 0 Å². The van der Waals surface area contributed by atoms with Crippen molar-refractivity contribution in [2.24, 2.45) is 0 Å². The largest absolute Gasteiger partial charge is 0.152 e. The fraction of sp³-hybridized carbons (Fsp3) is 0. The molecule has 0 aliphatic carbocycles. The molecule has 0 radical (unpaired) electrons. The van der Waals surface area contributed by atoms with Crippen molar-refractivity contribution in [3.05, 3.63) is 59.3 Å². The van der Waals surface area contributed by atoms with Crippen LogP contribution in [0.1, 0.15) is 5.56 Å². The lowest BCUT2D eigenvalue weighted by Crippen LogP contribution is -2.14. The predicted octanol–water partition coefficient (Wildman–Crippen LogP) is 2.21. The van der Waals surface area contributed by atoms with Gasteiger partial charge in [0.1, 0.15) is 0 Å². The minimum Gasteiger partial charge on any atom is -0.152 e. The fourth-order valence-electron chi connectivity index (χ4n) is 1.41. The van der Waals surface area contributed by atoms with Crippen molar-refractivity contribution in [1.82, 2.24) is 0 Å². The SMILES string of the molecule is C=C([SiH2]c1ccccc1)c1ccsc1. The van der Waals surface area contributed by atoms with Crippen LogP contribution in [0.3, 0.4) is 0 Å². The molecule has 14 heavy (non-hydrogen) atoms. The molecule has 0 amide bonds. The second-order valence-corrected chi connectivity index (χ2v) is 6.08. The van der Waals surface area contributed by atoms with E-state index in [2.05, 4.69) is 53.7 Å². The minimum absolute atomic E-state index is 0.344. The minimum atomic E-state index is -0.344. The quantitative estimate of drug-likeness (QED) is 0.690. The van der Waals surface area contributed by atoms with E-state index in [0.717, 1.165) is 0 Å². The summed E-state index contributed by atoms with van der Waals surface area (Å²) in [7, 11) is -0.344. The van der Waals surface area contributed by atoms with E-state index in [1.54, 1.807) is 11.3 Å². The van der Waals surface area contributed by atoms with Gasteiger partial charge in [-0.05, 0) is 22.4 Å². The van der Waals surface area contributed by atoms with E-state index in [4.69, 9.17) is 0 Å². The Hall–Kier alpha value is -1.12. The van der Waals surface area contributed by atoms with E-state index in [-0.39, 0.29) is 9.52 Å². The van der Waals surface area contributed by atoms with Crippen molar-refractivity contribution < 1.29 is 0 Å². The Morgan fingerprint density at radius 2 is 1.93 bits per heavy atom. The van der Waals surface area contributed by atoms with E-state index >= 15 is 0 Å². The summed E-state index contributed by atoms with van der Waals surface area (Å²) in [6.07, 6.45) is 0. The average Bonchev–Trinajstić information content (AvgIpc) is 2.72. The zero-order valence-corrected chi connectivity index (χ0v) is 10.2. The second-order valence-electron chi connectivity index (χ2n) is 3.28. The van der Waals surface area contributed by atoms with Crippen LogP contribution in [0.25, 0.3) is 5.20 Å². The molecule has 0 aliphatic rings. The molecule has 0 saturated heterocycles. The summed E-state index contributed by atoms with van der Waals surface area (Å²) in [6, 6.07) is 12.8. The first-order chi connectivity index (χ1) is 6.86.